The summed E-state index contributed by atoms with van der Waals surface area (Å²) in [6, 6.07) is 0. The minimum Gasteiger partial charge on any atom is -0.394 e. The number of nitrogens with zero attached hydrogens (tertiary/aromatic N) is 1. The number of nitrogen functional groups attached to an aromatic ring is 1. The predicted molar refractivity (Wildman–Crippen MR) is 61.4 cm³/mol. The molecule has 7 heteroatoms. The molecule has 0 bridgehead atoms. The molecule has 0 spiro atoms. The second kappa shape index (κ2) is 7.15. The van der Waals surface area contributed by atoms with Gasteiger partial charge in [0.25, 0.3) is 5.91 Å². The van der Waals surface area contributed by atoms with E-state index in [1.165, 1.54) is 11.3 Å². The molecule has 1 amide bonds. The van der Waals surface area contributed by atoms with E-state index >= 15 is 0 Å². The average molecular weight is 245 g/mol. The van der Waals surface area contributed by atoms with E-state index in [2.05, 4.69) is 10.3 Å². The Morgan fingerprint density at radius 1 is 1.62 bits per heavy atom. The van der Waals surface area contributed by atoms with Crippen LogP contribution < -0.4 is 11.1 Å². The Hall–Kier alpha value is -1.18. The monoisotopic (exact) mass is 245 g/mol. The Kier molecular flexibility index (Phi) is 5.76. The first kappa shape index (κ1) is 12.9. The van der Waals surface area contributed by atoms with E-state index in [9.17, 15) is 4.79 Å². The number of nitrogens with one attached hydrogen (secondary N) is 1. The summed E-state index contributed by atoms with van der Waals surface area (Å²) >= 11 is 1.24. The van der Waals surface area contributed by atoms with Crippen LogP contribution >= 0.6 is 11.3 Å². The number of nitrogens with two attached hydrogens (primary N) is 1. The summed E-state index contributed by atoms with van der Waals surface area (Å²) in [5.41, 5.74) is 5.76. The SMILES string of the molecule is Nc1nc(C(=O)NCCCOCCO)cs1. The van der Waals surface area contributed by atoms with E-state index in [1.807, 2.05) is 0 Å². The molecule has 0 unspecified atom stereocenters. The number of aliphatic hydroxyl groups excluding tert-OH is 1. The van der Waals surface area contributed by atoms with Gasteiger partial charge in [-0.2, -0.15) is 0 Å². The lowest BCUT2D eigenvalue weighted by Crippen LogP contribution is -2.25. The first-order valence-electron chi connectivity index (χ1n) is 4.92. The molecule has 0 saturated carbocycles. The lowest BCUT2D eigenvalue weighted by atomic mass is 10.4. The summed E-state index contributed by atoms with van der Waals surface area (Å²) < 4.78 is 5.04. The van der Waals surface area contributed by atoms with Crippen molar-refractivity contribution in [3.05, 3.63) is 11.1 Å². The number of hydrogen-bond acceptors (Lipinski definition) is 6. The number of aromatic nitrogens is 1. The molecule has 6 nitrogen and oxygen atoms in total. The molecule has 4 N–H and O–H groups in total. The number of thiazole rings is 1. The second-order valence-corrected chi connectivity index (χ2v) is 3.91. The van der Waals surface area contributed by atoms with Gasteiger partial charge in [0.05, 0.1) is 13.2 Å². The second-order valence-electron chi connectivity index (χ2n) is 3.02. The predicted octanol–water partition coefficient (Wildman–Crippen LogP) is -0.146. The molecule has 0 aliphatic rings. The van der Waals surface area contributed by atoms with Crippen LogP contribution in [-0.2, 0) is 4.74 Å². The van der Waals surface area contributed by atoms with Gasteiger partial charge < -0.3 is 20.9 Å². The van der Waals surface area contributed by atoms with Crippen molar-refractivity contribution in [2.24, 2.45) is 0 Å². The van der Waals surface area contributed by atoms with Crippen LogP contribution in [0.3, 0.4) is 0 Å². The fourth-order valence-electron chi connectivity index (χ4n) is 1.03. The molecule has 1 aromatic heterocycles. The summed E-state index contributed by atoms with van der Waals surface area (Å²) in [7, 11) is 0. The zero-order chi connectivity index (χ0) is 11.8. The van der Waals surface area contributed by atoms with E-state index in [0.717, 1.165) is 0 Å². The highest BCUT2D eigenvalue weighted by Gasteiger charge is 2.07. The molecular weight excluding hydrogens is 230 g/mol. The van der Waals surface area contributed by atoms with Gasteiger partial charge in [-0.3, -0.25) is 4.79 Å². The number of carbonyl (C=O) groups is 1. The lowest BCUT2D eigenvalue weighted by Gasteiger charge is -2.03. The van der Waals surface area contributed by atoms with E-state index in [0.29, 0.717) is 37.0 Å². The van der Waals surface area contributed by atoms with Crippen LogP contribution in [0.1, 0.15) is 16.9 Å². The van der Waals surface area contributed by atoms with Gasteiger partial charge in [0.2, 0.25) is 0 Å². The molecule has 1 heterocycles. The molecule has 0 aromatic carbocycles. The first-order valence-corrected chi connectivity index (χ1v) is 5.80. The average Bonchev–Trinajstić information content (AvgIpc) is 2.70. The van der Waals surface area contributed by atoms with Gasteiger partial charge >= 0.3 is 0 Å². The van der Waals surface area contributed by atoms with Crippen LogP contribution in [0.4, 0.5) is 5.13 Å². The van der Waals surface area contributed by atoms with Gasteiger partial charge in [-0.15, -0.1) is 11.3 Å². The molecule has 0 saturated heterocycles. The highest BCUT2D eigenvalue weighted by molar-refractivity contribution is 7.13. The number of aliphatic hydroxyl groups is 1. The Balaban J connectivity index is 2.11. The molecule has 1 rings (SSSR count). The summed E-state index contributed by atoms with van der Waals surface area (Å²) in [6.45, 7) is 1.38. The standard InChI is InChI=1S/C9H15N3O3S/c10-9-12-7(6-16-9)8(14)11-2-1-4-15-5-3-13/h6,13H,1-5H2,(H2,10,12)(H,11,14). The van der Waals surface area contributed by atoms with Crippen LogP contribution in [0.25, 0.3) is 0 Å². The van der Waals surface area contributed by atoms with Gasteiger partial charge in [0.1, 0.15) is 5.69 Å². The van der Waals surface area contributed by atoms with Crippen LogP contribution in [0, 0.1) is 0 Å². The highest BCUT2D eigenvalue weighted by atomic mass is 32.1. The van der Waals surface area contributed by atoms with E-state index < -0.39 is 0 Å². The minimum absolute atomic E-state index is 0.0183. The Morgan fingerprint density at radius 2 is 2.44 bits per heavy atom. The smallest absolute Gasteiger partial charge is 0.270 e. The van der Waals surface area contributed by atoms with Crippen molar-refractivity contribution >= 4 is 22.4 Å². The Bertz CT molecular complexity index is 330. The van der Waals surface area contributed by atoms with Crippen LogP contribution in [0.5, 0.6) is 0 Å². The topological polar surface area (TPSA) is 97.5 Å². The zero-order valence-corrected chi connectivity index (χ0v) is 9.63. The van der Waals surface area contributed by atoms with Gasteiger partial charge in [-0.25, -0.2) is 4.98 Å². The van der Waals surface area contributed by atoms with Crippen molar-refractivity contribution in [2.45, 2.75) is 6.42 Å². The van der Waals surface area contributed by atoms with Crippen molar-refractivity contribution in [2.75, 3.05) is 32.1 Å². The third kappa shape index (κ3) is 4.56. The van der Waals surface area contributed by atoms with E-state index in [-0.39, 0.29) is 12.5 Å². The fraction of sp³-hybridized carbons (Fsp3) is 0.556. The maximum Gasteiger partial charge on any atom is 0.270 e. The van der Waals surface area contributed by atoms with Crippen molar-refractivity contribution < 1.29 is 14.6 Å². The molecule has 0 aliphatic carbocycles. The molecule has 90 valence electrons. The lowest BCUT2D eigenvalue weighted by molar-refractivity contribution is 0.0866. The number of ether oxygens (including phenoxy) is 1. The summed E-state index contributed by atoms with van der Waals surface area (Å²) in [6.07, 6.45) is 0.700. The van der Waals surface area contributed by atoms with Gasteiger partial charge in [0.15, 0.2) is 5.13 Å². The number of anilines is 1. The number of rotatable bonds is 7. The largest absolute Gasteiger partial charge is 0.394 e. The molecule has 0 radical (unpaired) electrons. The summed E-state index contributed by atoms with van der Waals surface area (Å²) in [5, 5.41) is 13.1. The van der Waals surface area contributed by atoms with E-state index in [4.69, 9.17) is 15.6 Å². The molecule has 16 heavy (non-hydrogen) atoms. The first-order chi connectivity index (χ1) is 7.74. The molecular formula is C9H15N3O3S. The maximum absolute atomic E-state index is 11.4. The third-order valence-corrected chi connectivity index (χ3v) is 2.42. The molecule has 1 aromatic rings. The minimum atomic E-state index is -0.227. The van der Waals surface area contributed by atoms with Crippen LogP contribution in [0.2, 0.25) is 0 Å². The van der Waals surface area contributed by atoms with Gasteiger partial charge in [-0.05, 0) is 6.42 Å². The summed E-state index contributed by atoms with van der Waals surface area (Å²) in [5.74, 6) is -0.227. The van der Waals surface area contributed by atoms with Crippen molar-refractivity contribution in [1.29, 1.82) is 0 Å². The third-order valence-electron chi connectivity index (χ3n) is 1.74. The van der Waals surface area contributed by atoms with Crippen molar-refractivity contribution in [1.82, 2.24) is 10.3 Å². The molecule has 0 fully saturated rings. The molecule has 0 aliphatic heterocycles. The number of amides is 1. The highest BCUT2D eigenvalue weighted by Crippen LogP contribution is 2.10. The van der Waals surface area contributed by atoms with Crippen molar-refractivity contribution in [3.63, 3.8) is 0 Å². The quantitative estimate of drug-likeness (QED) is 0.581. The van der Waals surface area contributed by atoms with Gasteiger partial charge in [0, 0.05) is 18.5 Å². The molecule has 0 atom stereocenters. The number of carbonyl (C=O) groups excluding carboxylic acids is 1. The maximum atomic E-state index is 11.4. The Morgan fingerprint density at radius 3 is 3.06 bits per heavy atom. The van der Waals surface area contributed by atoms with Crippen molar-refractivity contribution in [3.8, 4) is 0 Å². The van der Waals surface area contributed by atoms with Crippen LogP contribution in [-0.4, -0.2) is 42.4 Å². The zero-order valence-electron chi connectivity index (χ0n) is 8.81. The fourth-order valence-corrected chi connectivity index (χ4v) is 1.57. The van der Waals surface area contributed by atoms with Gasteiger partial charge in [-0.1, -0.05) is 0 Å². The van der Waals surface area contributed by atoms with Crippen LogP contribution in [0.15, 0.2) is 5.38 Å². The normalized spacial score (nSPS) is 10.3. The van der Waals surface area contributed by atoms with E-state index in [1.54, 1.807) is 5.38 Å². The summed E-state index contributed by atoms with van der Waals surface area (Å²) in [4.78, 5) is 15.3. The number of hydrogen-bond donors (Lipinski definition) is 3. The Labute approximate surface area is 97.4 Å².